The van der Waals surface area contributed by atoms with E-state index in [1.807, 2.05) is 24.4 Å². The number of carbonyl (C=O) groups excluding carboxylic acids is 1. The molecule has 19 heavy (non-hydrogen) atoms. The van der Waals surface area contributed by atoms with Gasteiger partial charge in [0.25, 0.3) is 0 Å². The molecule has 0 bridgehead atoms. The lowest BCUT2D eigenvalue weighted by Crippen LogP contribution is -2.42. The van der Waals surface area contributed by atoms with Gasteiger partial charge in [-0.1, -0.05) is 18.2 Å². The van der Waals surface area contributed by atoms with Crippen LogP contribution in [0.4, 0.5) is 4.79 Å². The van der Waals surface area contributed by atoms with Crippen molar-refractivity contribution >= 4 is 16.9 Å². The van der Waals surface area contributed by atoms with Crippen LogP contribution in [0.3, 0.4) is 0 Å². The smallest absolute Gasteiger partial charge is 0.315 e. The Morgan fingerprint density at radius 1 is 1.42 bits per heavy atom. The van der Waals surface area contributed by atoms with Crippen molar-refractivity contribution < 1.29 is 9.90 Å². The molecule has 0 saturated heterocycles. The Hall–Kier alpha value is -2.01. The molecule has 102 valence electrons. The topological polar surface area (TPSA) is 77.2 Å². The molecule has 5 nitrogen and oxygen atoms in total. The van der Waals surface area contributed by atoms with Crippen molar-refractivity contribution in [2.24, 2.45) is 0 Å². The Balaban J connectivity index is 1.84. The first kappa shape index (κ1) is 13.4. The van der Waals surface area contributed by atoms with E-state index in [0.29, 0.717) is 6.54 Å². The fraction of sp³-hybridized carbons (Fsp3) is 0.357. The highest BCUT2D eigenvalue weighted by Crippen LogP contribution is 2.17. The summed E-state index contributed by atoms with van der Waals surface area (Å²) in [5, 5.41) is 15.4. The van der Waals surface area contributed by atoms with Gasteiger partial charge in [-0.3, -0.25) is 0 Å². The highest BCUT2D eigenvalue weighted by Gasteiger charge is 2.06. The highest BCUT2D eigenvalue weighted by atomic mass is 16.3. The number of aromatic nitrogens is 1. The number of aliphatic hydroxyl groups is 1. The van der Waals surface area contributed by atoms with Gasteiger partial charge in [0, 0.05) is 23.6 Å². The number of nitrogens with one attached hydrogen (secondary N) is 3. The largest absolute Gasteiger partial charge is 0.394 e. The molecule has 0 fully saturated rings. The normalized spacial score (nSPS) is 12.3. The van der Waals surface area contributed by atoms with Crippen molar-refractivity contribution in [2.75, 3.05) is 13.2 Å². The van der Waals surface area contributed by atoms with E-state index in [2.05, 4.69) is 21.7 Å². The zero-order valence-corrected chi connectivity index (χ0v) is 10.9. The maximum atomic E-state index is 11.5. The Morgan fingerprint density at radius 2 is 2.21 bits per heavy atom. The van der Waals surface area contributed by atoms with Crippen LogP contribution in [0.25, 0.3) is 10.9 Å². The van der Waals surface area contributed by atoms with Crippen LogP contribution in [0, 0.1) is 0 Å². The van der Waals surface area contributed by atoms with E-state index in [-0.39, 0.29) is 18.7 Å². The van der Waals surface area contributed by atoms with E-state index in [1.54, 1.807) is 6.92 Å². The lowest BCUT2D eigenvalue weighted by molar-refractivity contribution is 0.220. The number of fused-ring (bicyclic) bond motifs is 1. The molecule has 5 heteroatoms. The number of aliphatic hydroxyl groups excluding tert-OH is 1. The molecule has 2 rings (SSSR count). The minimum atomic E-state index is -0.249. The van der Waals surface area contributed by atoms with Crippen LogP contribution in [0.15, 0.2) is 30.5 Å². The summed E-state index contributed by atoms with van der Waals surface area (Å²) in [7, 11) is 0. The summed E-state index contributed by atoms with van der Waals surface area (Å²) in [6.07, 6.45) is 2.74. The van der Waals surface area contributed by atoms with E-state index in [1.165, 1.54) is 10.9 Å². The van der Waals surface area contributed by atoms with Crippen LogP contribution in [-0.4, -0.2) is 35.3 Å². The third kappa shape index (κ3) is 3.48. The first-order chi connectivity index (χ1) is 9.20. The van der Waals surface area contributed by atoms with Crippen LogP contribution >= 0.6 is 0 Å². The standard InChI is InChI=1S/C14H19N3O2/c1-10(9-18)17-14(19)15-7-6-11-8-16-13-5-3-2-4-12(11)13/h2-5,8,10,16,18H,6-7,9H2,1H3,(H2,15,17,19). The number of H-pyrrole nitrogens is 1. The fourth-order valence-electron chi connectivity index (χ4n) is 1.97. The van der Waals surface area contributed by atoms with Crippen molar-refractivity contribution in [3.63, 3.8) is 0 Å². The summed E-state index contributed by atoms with van der Waals surface area (Å²) in [5.74, 6) is 0. The number of carbonyl (C=O) groups is 1. The van der Waals surface area contributed by atoms with Gasteiger partial charge in [-0.25, -0.2) is 4.79 Å². The average molecular weight is 261 g/mol. The van der Waals surface area contributed by atoms with Gasteiger partial charge in [0.2, 0.25) is 0 Å². The molecule has 0 saturated carbocycles. The van der Waals surface area contributed by atoms with Crippen molar-refractivity contribution in [1.29, 1.82) is 0 Å². The molecule has 0 aliphatic rings. The predicted molar refractivity (Wildman–Crippen MR) is 75.1 cm³/mol. The van der Waals surface area contributed by atoms with Crippen LogP contribution in [-0.2, 0) is 6.42 Å². The Labute approximate surface area is 112 Å². The summed E-state index contributed by atoms with van der Waals surface area (Å²) in [5.41, 5.74) is 2.29. The quantitative estimate of drug-likeness (QED) is 0.656. The number of urea groups is 1. The lowest BCUT2D eigenvalue weighted by atomic mass is 10.1. The minimum Gasteiger partial charge on any atom is -0.394 e. The molecule has 0 radical (unpaired) electrons. The van der Waals surface area contributed by atoms with E-state index in [9.17, 15) is 4.79 Å². The van der Waals surface area contributed by atoms with Crippen LogP contribution in [0.2, 0.25) is 0 Å². The van der Waals surface area contributed by atoms with Crippen molar-refractivity contribution in [3.05, 3.63) is 36.0 Å². The Kier molecular flexibility index (Phi) is 4.41. The first-order valence-corrected chi connectivity index (χ1v) is 6.41. The second kappa shape index (κ2) is 6.24. The molecule has 1 unspecified atom stereocenters. The lowest BCUT2D eigenvalue weighted by Gasteiger charge is -2.11. The maximum Gasteiger partial charge on any atom is 0.315 e. The van der Waals surface area contributed by atoms with Gasteiger partial charge in [0.1, 0.15) is 0 Å². The molecule has 0 aliphatic heterocycles. The monoisotopic (exact) mass is 261 g/mol. The highest BCUT2D eigenvalue weighted by molar-refractivity contribution is 5.83. The zero-order chi connectivity index (χ0) is 13.7. The van der Waals surface area contributed by atoms with E-state index in [4.69, 9.17) is 5.11 Å². The molecule has 1 atom stereocenters. The molecule has 1 aromatic heterocycles. The van der Waals surface area contributed by atoms with Gasteiger partial charge in [0.15, 0.2) is 0 Å². The average Bonchev–Trinajstić information content (AvgIpc) is 2.82. The number of rotatable bonds is 5. The number of hydrogen-bond acceptors (Lipinski definition) is 2. The maximum absolute atomic E-state index is 11.5. The van der Waals surface area contributed by atoms with Crippen molar-refractivity contribution in [1.82, 2.24) is 15.6 Å². The van der Waals surface area contributed by atoms with Crippen LogP contribution in [0.5, 0.6) is 0 Å². The Morgan fingerprint density at radius 3 is 3.00 bits per heavy atom. The van der Waals surface area contributed by atoms with Gasteiger partial charge in [-0.05, 0) is 25.0 Å². The third-order valence-electron chi connectivity index (χ3n) is 3.01. The van der Waals surface area contributed by atoms with Crippen LogP contribution in [0.1, 0.15) is 12.5 Å². The third-order valence-corrected chi connectivity index (χ3v) is 3.01. The molecule has 1 heterocycles. The van der Waals surface area contributed by atoms with Crippen molar-refractivity contribution in [3.8, 4) is 0 Å². The summed E-state index contributed by atoms with van der Waals surface area (Å²) < 4.78 is 0. The number of benzene rings is 1. The molecular formula is C14H19N3O2. The zero-order valence-electron chi connectivity index (χ0n) is 10.9. The summed E-state index contributed by atoms with van der Waals surface area (Å²) in [6.45, 7) is 2.25. The van der Waals surface area contributed by atoms with Gasteiger partial charge in [-0.2, -0.15) is 0 Å². The molecule has 0 aliphatic carbocycles. The molecule has 2 amide bonds. The number of amides is 2. The van der Waals surface area contributed by atoms with Gasteiger partial charge < -0.3 is 20.7 Å². The molecule has 0 spiro atoms. The van der Waals surface area contributed by atoms with E-state index < -0.39 is 0 Å². The summed E-state index contributed by atoms with van der Waals surface area (Å²) >= 11 is 0. The number of hydrogen-bond donors (Lipinski definition) is 4. The second-order valence-electron chi connectivity index (χ2n) is 4.59. The molecular weight excluding hydrogens is 242 g/mol. The van der Waals surface area contributed by atoms with Gasteiger partial charge in [0.05, 0.1) is 12.6 Å². The molecule has 1 aromatic carbocycles. The molecule has 2 aromatic rings. The predicted octanol–water partition coefficient (Wildman–Crippen LogP) is 1.39. The summed E-state index contributed by atoms with van der Waals surface area (Å²) in [4.78, 5) is 14.7. The van der Waals surface area contributed by atoms with Crippen LogP contribution < -0.4 is 10.6 Å². The number of para-hydroxylation sites is 1. The van der Waals surface area contributed by atoms with E-state index in [0.717, 1.165) is 11.9 Å². The number of aromatic amines is 1. The molecule has 4 N–H and O–H groups in total. The van der Waals surface area contributed by atoms with Crippen molar-refractivity contribution in [2.45, 2.75) is 19.4 Å². The SMILES string of the molecule is CC(CO)NC(=O)NCCc1c[nH]c2ccccc12. The van der Waals surface area contributed by atoms with Gasteiger partial charge >= 0.3 is 6.03 Å². The summed E-state index contributed by atoms with van der Waals surface area (Å²) in [6, 6.07) is 7.61. The van der Waals surface area contributed by atoms with E-state index >= 15 is 0 Å². The van der Waals surface area contributed by atoms with Gasteiger partial charge in [-0.15, -0.1) is 0 Å². The Bertz CT molecular complexity index is 550. The first-order valence-electron chi connectivity index (χ1n) is 6.41. The second-order valence-corrected chi connectivity index (χ2v) is 4.59. The minimum absolute atomic E-state index is 0.0597. The fourth-order valence-corrected chi connectivity index (χ4v) is 1.97.